The predicted molar refractivity (Wildman–Crippen MR) is 64.0 cm³/mol. The summed E-state index contributed by atoms with van der Waals surface area (Å²) in [6.07, 6.45) is 0. The zero-order valence-corrected chi connectivity index (χ0v) is 9.81. The molecule has 1 saturated heterocycles. The van der Waals surface area contributed by atoms with Crippen LogP contribution in [0.4, 0.5) is 4.79 Å². The number of urea groups is 1. The predicted octanol–water partition coefficient (Wildman–Crippen LogP) is 2.24. The third-order valence-electron chi connectivity index (χ3n) is 3.09. The molecule has 1 heterocycles. The Morgan fingerprint density at radius 2 is 2.06 bits per heavy atom. The molecule has 2 amide bonds. The van der Waals surface area contributed by atoms with Crippen LogP contribution >= 0.6 is 0 Å². The van der Waals surface area contributed by atoms with E-state index in [1.807, 2.05) is 23.1 Å². The van der Waals surface area contributed by atoms with Crippen molar-refractivity contribution in [1.82, 2.24) is 10.2 Å². The number of carbonyl (C=O) groups is 1. The maximum Gasteiger partial charge on any atom is 0.318 e. The minimum atomic E-state index is 0.0579. The number of nitrogens with one attached hydrogen (secondary N) is 1. The number of amides is 2. The fourth-order valence-electron chi connectivity index (χ4n) is 2.12. The van der Waals surface area contributed by atoms with Gasteiger partial charge in [0.05, 0.1) is 6.04 Å². The van der Waals surface area contributed by atoms with E-state index in [0.717, 1.165) is 6.54 Å². The van der Waals surface area contributed by atoms with Crippen LogP contribution in [0, 0.1) is 5.92 Å². The normalized spacial score (nSPS) is 20.3. The first kappa shape index (κ1) is 11.0. The van der Waals surface area contributed by atoms with Crippen molar-refractivity contribution in [3.05, 3.63) is 35.9 Å². The molecular weight excluding hydrogens is 200 g/mol. The Hall–Kier alpha value is -1.51. The summed E-state index contributed by atoms with van der Waals surface area (Å²) in [5, 5.41) is 2.91. The standard InChI is InChI=1S/C13H18N2O/c1-10(2)12-8-14-13(16)15(12)9-11-6-4-3-5-7-11/h3-7,10,12H,8-9H2,1-2H3,(H,14,16). The molecule has 0 spiro atoms. The van der Waals surface area contributed by atoms with Gasteiger partial charge in [0, 0.05) is 13.1 Å². The quantitative estimate of drug-likeness (QED) is 0.829. The van der Waals surface area contributed by atoms with Crippen LogP contribution in [0.5, 0.6) is 0 Å². The highest BCUT2D eigenvalue weighted by Crippen LogP contribution is 2.18. The fourth-order valence-corrected chi connectivity index (χ4v) is 2.12. The van der Waals surface area contributed by atoms with E-state index in [2.05, 4.69) is 31.3 Å². The summed E-state index contributed by atoms with van der Waals surface area (Å²) in [6, 6.07) is 10.5. The molecule has 0 aromatic heterocycles. The van der Waals surface area contributed by atoms with Crippen molar-refractivity contribution in [2.45, 2.75) is 26.4 Å². The van der Waals surface area contributed by atoms with Gasteiger partial charge in [0.15, 0.2) is 0 Å². The Kier molecular flexibility index (Phi) is 3.13. The Morgan fingerprint density at radius 1 is 1.38 bits per heavy atom. The summed E-state index contributed by atoms with van der Waals surface area (Å²) in [6.45, 7) is 5.78. The van der Waals surface area contributed by atoms with Gasteiger partial charge in [-0.15, -0.1) is 0 Å². The van der Waals surface area contributed by atoms with Gasteiger partial charge in [-0.2, -0.15) is 0 Å². The largest absolute Gasteiger partial charge is 0.336 e. The second-order valence-electron chi connectivity index (χ2n) is 4.61. The molecule has 86 valence electrons. The zero-order chi connectivity index (χ0) is 11.5. The lowest BCUT2D eigenvalue weighted by Crippen LogP contribution is -2.36. The average molecular weight is 218 g/mol. The Labute approximate surface area is 96.5 Å². The van der Waals surface area contributed by atoms with Crippen LogP contribution < -0.4 is 5.32 Å². The minimum absolute atomic E-state index is 0.0579. The lowest BCUT2D eigenvalue weighted by atomic mass is 10.0. The molecule has 0 saturated carbocycles. The summed E-state index contributed by atoms with van der Waals surface area (Å²) in [5.41, 5.74) is 1.19. The van der Waals surface area contributed by atoms with Gasteiger partial charge in [-0.05, 0) is 11.5 Å². The van der Waals surface area contributed by atoms with Gasteiger partial charge in [0.25, 0.3) is 0 Å². The van der Waals surface area contributed by atoms with Crippen LogP contribution in [0.1, 0.15) is 19.4 Å². The minimum Gasteiger partial charge on any atom is -0.336 e. The van der Waals surface area contributed by atoms with Crippen molar-refractivity contribution in [3.63, 3.8) is 0 Å². The van der Waals surface area contributed by atoms with Gasteiger partial charge >= 0.3 is 6.03 Å². The Morgan fingerprint density at radius 3 is 2.69 bits per heavy atom. The number of carbonyl (C=O) groups excluding carboxylic acids is 1. The smallest absolute Gasteiger partial charge is 0.318 e. The van der Waals surface area contributed by atoms with E-state index in [1.54, 1.807) is 0 Å². The van der Waals surface area contributed by atoms with Crippen molar-refractivity contribution in [2.75, 3.05) is 6.54 Å². The van der Waals surface area contributed by atoms with Gasteiger partial charge in [-0.1, -0.05) is 44.2 Å². The molecule has 0 aliphatic carbocycles. The van der Waals surface area contributed by atoms with Crippen LogP contribution in [0.3, 0.4) is 0 Å². The SMILES string of the molecule is CC(C)C1CNC(=O)N1Cc1ccccc1. The third kappa shape index (κ3) is 2.18. The van der Waals surface area contributed by atoms with Crippen LogP contribution in [0.15, 0.2) is 30.3 Å². The Bertz CT molecular complexity index is 361. The monoisotopic (exact) mass is 218 g/mol. The molecule has 1 aromatic carbocycles. The van der Waals surface area contributed by atoms with E-state index in [9.17, 15) is 4.79 Å². The molecule has 1 aliphatic heterocycles. The van der Waals surface area contributed by atoms with Crippen molar-refractivity contribution >= 4 is 6.03 Å². The van der Waals surface area contributed by atoms with E-state index in [4.69, 9.17) is 0 Å². The molecule has 2 rings (SSSR count). The third-order valence-corrected chi connectivity index (χ3v) is 3.09. The van der Waals surface area contributed by atoms with Gasteiger partial charge in [-0.25, -0.2) is 4.79 Å². The molecule has 1 atom stereocenters. The van der Waals surface area contributed by atoms with Crippen molar-refractivity contribution in [3.8, 4) is 0 Å². The molecule has 0 radical (unpaired) electrons. The molecule has 1 N–H and O–H groups in total. The molecule has 1 unspecified atom stereocenters. The summed E-state index contributed by atoms with van der Waals surface area (Å²) < 4.78 is 0. The average Bonchev–Trinajstić information content (AvgIpc) is 2.62. The first-order chi connectivity index (χ1) is 7.68. The highest BCUT2D eigenvalue weighted by molar-refractivity contribution is 5.76. The molecule has 1 aromatic rings. The van der Waals surface area contributed by atoms with Crippen LogP contribution in [0.25, 0.3) is 0 Å². The molecule has 3 nitrogen and oxygen atoms in total. The summed E-state index contributed by atoms with van der Waals surface area (Å²) >= 11 is 0. The van der Waals surface area contributed by atoms with Gasteiger partial charge in [0.1, 0.15) is 0 Å². The maximum atomic E-state index is 11.7. The van der Waals surface area contributed by atoms with E-state index in [0.29, 0.717) is 18.5 Å². The van der Waals surface area contributed by atoms with E-state index in [1.165, 1.54) is 5.56 Å². The van der Waals surface area contributed by atoms with Crippen molar-refractivity contribution in [2.24, 2.45) is 5.92 Å². The molecule has 3 heteroatoms. The molecule has 0 bridgehead atoms. The number of nitrogens with zero attached hydrogens (tertiary/aromatic N) is 1. The number of benzene rings is 1. The van der Waals surface area contributed by atoms with Gasteiger partial charge in [0.2, 0.25) is 0 Å². The number of hydrogen-bond acceptors (Lipinski definition) is 1. The topological polar surface area (TPSA) is 32.3 Å². The lowest BCUT2D eigenvalue weighted by Gasteiger charge is -2.26. The lowest BCUT2D eigenvalue weighted by molar-refractivity contribution is 0.186. The summed E-state index contributed by atoms with van der Waals surface area (Å²) in [5.74, 6) is 0.489. The highest BCUT2D eigenvalue weighted by atomic mass is 16.2. The molecule has 16 heavy (non-hydrogen) atoms. The van der Waals surface area contributed by atoms with E-state index < -0.39 is 0 Å². The number of hydrogen-bond donors (Lipinski definition) is 1. The Balaban J connectivity index is 2.10. The van der Waals surface area contributed by atoms with E-state index in [-0.39, 0.29) is 6.03 Å². The van der Waals surface area contributed by atoms with Crippen LogP contribution in [-0.2, 0) is 6.54 Å². The first-order valence-electron chi connectivity index (χ1n) is 5.77. The molecular formula is C13H18N2O. The van der Waals surface area contributed by atoms with Crippen molar-refractivity contribution in [1.29, 1.82) is 0 Å². The van der Waals surface area contributed by atoms with E-state index >= 15 is 0 Å². The maximum absolute atomic E-state index is 11.7. The van der Waals surface area contributed by atoms with Crippen molar-refractivity contribution < 1.29 is 4.79 Å². The molecule has 1 fully saturated rings. The second kappa shape index (κ2) is 4.56. The number of rotatable bonds is 3. The highest BCUT2D eigenvalue weighted by Gasteiger charge is 2.32. The first-order valence-corrected chi connectivity index (χ1v) is 5.77. The summed E-state index contributed by atoms with van der Waals surface area (Å²) in [7, 11) is 0. The van der Waals surface area contributed by atoms with Crippen LogP contribution in [0.2, 0.25) is 0 Å². The second-order valence-corrected chi connectivity index (χ2v) is 4.61. The zero-order valence-electron chi connectivity index (χ0n) is 9.81. The van der Waals surface area contributed by atoms with Crippen LogP contribution in [-0.4, -0.2) is 23.5 Å². The summed E-state index contributed by atoms with van der Waals surface area (Å²) in [4.78, 5) is 13.6. The van der Waals surface area contributed by atoms with Gasteiger partial charge < -0.3 is 10.2 Å². The fraction of sp³-hybridized carbons (Fsp3) is 0.462. The molecule has 1 aliphatic rings. The van der Waals surface area contributed by atoms with Gasteiger partial charge in [-0.3, -0.25) is 0 Å².